The van der Waals surface area contributed by atoms with Crippen molar-refractivity contribution in [2.45, 2.75) is 19.8 Å². The summed E-state index contributed by atoms with van der Waals surface area (Å²) in [7, 11) is 0. The average molecular weight is 386 g/mol. The molecule has 0 unspecified atom stereocenters. The second kappa shape index (κ2) is 8.81. The standard InChI is InChI=1S/C20H22N2O4S/c1-2-26-20(25)15-9-11-22(12-10-15)19(24)14-5-7-16(8-6-14)21-18(23)17-4-3-13-27-17/h3-8,13,15H,2,9-12H2,1H3,(H,21,23). The number of rotatable bonds is 5. The summed E-state index contributed by atoms with van der Waals surface area (Å²) in [6.45, 7) is 3.26. The predicted octanol–water partition coefficient (Wildman–Crippen LogP) is 3.42. The lowest BCUT2D eigenvalue weighted by atomic mass is 9.96. The summed E-state index contributed by atoms with van der Waals surface area (Å²) in [6.07, 6.45) is 1.25. The van der Waals surface area contributed by atoms with Gasteiger partial charge in [-0.15, -0.1) is 11.3 Å². The Labute approximate surface area is 162 Å². The van der Waals surface area contributed by atoms with Gasteiger partial charge in [0.15, 0.2) is 0 Å². The van der Waals surface area contributed by atoms with Crippen molar-refractivity contribution in [3.63, 3.8) is 0 Å². The summed E-state index contributed by atoms with van der Waals surface area (Å²) in [6, 6.07) is 10.5. The number of hydrogen-bond donors (Lipinski definition) is 1. The minimum absolute atomic E-state index is 0.0616. The molecular formula is C20H22N2O4S. The first-order valence-electron chi connectivity index (χ1n) is 8.99. The van der Waals surface area contributed by atoms with E-state index in [1.807, 2.05) is 11.4 Å². The Kier molecular flexibility index (Phi) is 6.24. The van der Waals surface area contributed by atoms with E-state index in [0.29, 0.717) is 48.7 Å². The van der Waals surface area contributed by atoms with Crippen molar-refractivity contribution in [2.75, 3.05) is 25.0 Å². The van der Waals surface area contributed by atoms with Crippen LogP contribution in [0.15, 0.2) is 41.8 Å². The van der Waals surface area contributed by atoms with Crippen molar-refractivity contribution >= 4 is 34.8 Å². The number of thiophene rings is 1. The van der Waals surface area contributed by atoms with Crippen LogP contribution in [-0.2, 0) is 9.53 Å². The Morgan fingerprint density at radius 1 is 1.15 bits per heavy atom. The minimum atomic E-state index is -0.171. The number of nitrogens with zero attached hydrogens (tertiary/aromatic N) is 1. The van der Waals surface area contributed by atoms with Crippen LogP contribution in [0.25, 0.3) is 0 Å². The third-order valence-electron chi connectivity index (χ3n) is 4.54. The highest BCUT2D eigenvalue weighted by Gasteiger charge is 2.28. The number of anilines is 1. The van der Waals surface area contributed by atoms with Gasteiger partial charge < -0.3 is 15.0 Å². The van der Waals surface area contributed by atoms with Gasteiger partial charge in [-0.1, -0.05) is 6.07 Å². The molecule has 0 atom stereocenters. The highest BCUT2D eigenvalue weighted by molar-refractivity contribution is 7.12. The van der Waals surface area contributed by atoms with Gasteiger partial charge in [0.2, 0.25) is 0 Å². The quantitative estimate of drug-likeness (QED) is 0.799. The number of esters is 1. The first-order valence-corrected chi connectivity index (χ1v) is 9.87. The molecule has 1 aliphatic heterocycles. The molecule has 1 N–H and O–H groups in total. The van der Waals surface area contributed by atoms with Crippen molar-refractivity contribution in [1.29, 1.82) is 0 Å². The molecule has 1 aromatic heterocycles. The molecular weight excluding hydrogens is 364 g/mol. The Morgan fingerprint density at radius 2 is 1.85 bits per heavy atom. The first kappa shape index (κ1) is 19.1. The number of carbonyl (C=O) groups is 3. The van der Waals surface area contributed by atoms with Crippen LogP contribution in [0.1, 0.15) is 39.8 Å². The Hall–Kier alpha value is -2.67. The fourth-order valence-corrected chi connectivity index (χ4v) is 3.68. The maximum atomic E-state index is 12.6. The predicted molar refractivity (Wildman–Crippen MR) is 104 cm³/mol. The van der Waals surface area contributed by atoms with E-state index < -0.39 is 0 Å². The lowest BCUT2D eigenvalue weighted by molar-refractivity contribution is -0.149. The van der Waals surface area contributed by atoms with Gasteiger partial charge >= 0.3 is 5.97 Å². The van der Waals surface area contributed by atoms with Crippen LogP contribution < -0.4 is 5.32 Å². The number of hydrogen-bond acceptors (Lipinski definition) is 5. The topological polar surface area (TPSA) is 75.7 Å². The molecule has 3 rings (SSSR count). The van der Waals surface area contributed by atoms with Crippen molar-refractivity contribution in [2.24, 2.45) is 5.92 Å². The number of likely N-dealkylation sites (tertiary alicyclic amines) is 1. The Morgan fingerprint density at radius 3 is 2.44 bits per heavy atom. The molecule has 0 spiro atoms. The largest absolute Gasteiger partial charge is 0.466 e. The fourth-order valence-electron chi connectivity index (χ4n) is 3.06. The number of amides is 2. The Bertz CT molecular complexity index is 794. The zero-order chi connectivity index (χ0) is 19.2. The molecule has 1 saturated heterocycles. The van der Waals surface area contributed by atoms with E-state index in [9.17, 15) is 14.4 Å². The number of ether oxygens (including phenoxy) is 1. The maximum absolute atomic E-state index is 12.6. The number of piperidine rings is 1. The van der Waals surface area contributed by atoms with Gasteiger partial charge in [-0.3, -0.25) is 14.4 Å². The monoisotopic (exact) mass is 386 g/mol. The van der Waals surface area contributed by atoms with Gasteiger partial charge in [-0.05, 0) is 55.5 Å². The van der Waals surface area contributed by atoms with Crippen LogP contribution in [0.4, 0.5) is 5.69 Å². The summed E-state index contributed by atoms with van der Waals surface area (Å²) in [5.74, 6) is -0.516. The van der Waals surface area contributed by atoms with Gasteiger partial charge in [0, 0.05) is 24.3 Å². The van der Waals surface area contributed by atoms with E-state index in [2.05, 4.69) is 5.32 Å². The highest BCUT2D eigenvalue weighted by Crippen LogP contribution is 2.21. The van der Waals surface area contributed by atoms with Crippen molar-refractivity contribution in [1.82, 2.24) is 4.90 Å². The molecule has 1 aliphatic rings. The van der Waals surface area contributed by atoms with Gasteiger partial charge in [-0.25, -0.2) is 0 Å². The molecule has 7 heteroatoms. The van der Waals surface area contributed by atoms with Crippen LogP contribution in [0.3, 0.4) is 0 Å². The van der Waals surface area contributed by atoms with Gasteiger partial charge in [0.05, 0.1) is 17.4 Å². The lowest BCUT2D eigenvalue weighted by Crippen LogP contribution is -2.40. The van der Waals surface area contributed by atoms with Crippen LogP contribution in [0.5, 0.6) is 0 Å². The van der Waals surface area contributed by atoms with Crippen molar-refractivity contribution < 1.29 is 19.1 Å². The summed E-state index contributed by atoms with van der Waals surface area (Å²) in [4.78, 5) is 38.9. The van der Waals surface area contributed by atoms with Crippen molar-refractivity contribution in [3.8, 4) is 0 Å². The number of nitrogens with one attached hydrogen (secondary N) is 1. The molecule has 0 radical (unpaired) electrons. The van der Waals surface area contributed by atoms with E-state index in [-0.39, 0.29) is 23.7 Å². The van der Waals surface area contributed by atoms with Crippen LogP contribution in [-0.4, -0.2) is 42.4 Å². The second-order valence-electron chi connectivity index (χ2n) is 6.33. The van der Waals surface area contributed by atoms with E-state index in [4.69, 9.17) is 4.74 Å². The average Bonchev–Trinajstić information content (AvgIpc) is 3.23. The molecule has 0 saturated carbocycles. The molecule has 27 heavy (non-hydrogen) atoms. The van der Waals surface area contributed by atoms with E-state index >= 15 is 0 Å². The lowest BCUT2D eigenvalue weighted by Gasteiger charge is -2.31. The van der Waals surface area contributed by atoms with Crippen LogP contribution in [0.2, 0.25) is 0 Å². The summed E-state index contributed by atoms with van der Waals surface area (Å²) >= 11 is 1.38. The van der Waals surface area contributed by atoms with Crippen molar-refractivity contribution in [3.05, 3.63) is 52.2 Å². The van der Waals surface area contributed by atoms with E-state index in [1.165, 1.54) is 11.3 Å². The third kappa shape index (κ3) is 4.74. The van der Waals surface area contributed by atoms with Crippen LogP contribution >= 0.6 is 11.3 Å². The van der Waals surface area contributed by atoms with Gasteiger partial charge in [-0.2, -0.15) is 0 Å². The van der Waals surface area contributed by atoms with E-state index in [0.717, 1.165) is 0 Å². The summed E-state index contributed by atoms with van der Waals surface area (Å²) < 4.78 is 5.06. The molecule has 1 aromatic carbocycles. The molecule has 6 nitrogen and oxygen atoms in total. The smallest absolute Gasteiger partial charge is 0.309 e. The SMILES string of the molecule is CCOC(=O)C1CCN(C(=O)c2ccc(NC(=O)c3cccs3)cc2)CC1. The zero-order valence-electron chi connectivity index (χ0n) is 15.1. The fraction of sp³-hybridized carbons (Fsp3) is 0.350. The summed E-state index contributed by atoms with van der Waals surface area (Å²) in [5.41, 5.74) is 1.21. The molecule has 0 aliphatic carbocycles. The highest BCUT2D eigenvalue weighted by atomic mass is 32.1. The number of benzene rings is 1. The van der Waals surface area contributed by atoms with Gasteiger partial charge in [0.1, 0.15) is 0 Å². The third-order valence-corrected chi connectivity index (χ3v) is 5.41. The zero-order valence-corrected chi connectivity index (χ0v) is 16.0. The van der Waals surface area contributed by atoms with Gasteiger partial charge in [0.25, 0.3) is 11.8 Å². The molecule has 2 amide bonds. The van der Waals surface area contributed by atoms with Crippen LogP contribution in [0, 0.1) is 5.92 Å². The molecule has 0 bridgehead atoms. The Balaban J connectivity index is 1.55. The van der Waals surface area contributed by atoms with E-state index in [1.54, 1.807) is 42.2 Å². The normalized spacial score (nSPS) is 14.6. The second-order valence-corrected chi connectivity index (χ2v) is 7.27. The minimum Gasteiger partial charge on any atom is -0.466 e. The summed E-state index contributed by atoms with van der Waals surface area (Å²) in [5, 5.41) is 4.66. The molecule has 2 aromatic rings. The number of carbonyl (C=O) groups excluding carboxylic acids is 3. The molecule has 142 valence electrons. The molecule has 2 heterocycles. The maximum Gasteiger partial charge on any atom is 0.309 e. The first-order chi connectivity index (χ1) is 13.1. The molecule has 1 fully saturated rings.